The van der Waals surface area contributed by atoms with Crippen LogP contribution in [0.3, 0.4) is 0 Å². The van der Waals surface area contributed by atoms with E-state index in [2.05, 4.69) is 22.4 Å². The normalized spacial score (nSPS) is 19.8. The molecule has 0 spiro atoms. The molecule has 1 saturated heterocycles. The predicted molar refractivity (Wildman–Crippen MR) is 106 cm³/mol. The fraction of sp³-hybridized carbons (Fsp3) is 0.381. The summed E-state index contributed by atoms with van der Waals surface area (Å²) in [5.74, 6) is -0.142. The summed E-state index contributed by atoms with van der Waals surface area (Å²) in [6.45, 7) is 5.63. The Balaban J connectivity index is 1.62. The molecule has 0 aliphatic carbocycles. The summed E-state index contributed by atoms with van der Waals surface area (Å²) in [7, 11) is 0. The first-order valence-corrected chi connectivity index (χ1v) is 9.31. The molecule has 2 aliphatic rings. The fourth-order valence-electron chi connectivity index (χ4n) is 3.32. The Hall–Kier alpha value is -3.27. The molecule has 7 heteroatoms. The number of hydrogen-bond donors (Lipinski definition) is 1. The molecule has 146 valence electrons. The van der Waals surface area contributed by atoms with E-state index in [1.54, 1.807) is 4.90 Å². The third-order valence-electron chi connectivity index (χ3n) is 4.80. The number of allylic oxidation sites excluding steroid dienone is 1. The van der Waals surface area contributed by atoms with Crippen molar-refractivity contribution < 1.29 is 14.3 Å². The van der Waals surface area contributed by atoms with Gasteiger partial charge in [-0.2, -0.15) is 5.26 Å². The van der Waals surface area contributed by atoms with E-state index in [4.69, 9.17) is 10.00 Å². The minimum Gasteiger partial charge on any atom is -0.442 e. The van der Waals surface area contributed by atoms with Crippen molar-refractivity contribution in [3.63, 3.8) is 0 Å². The van der Waals surface area contributed by atoms with Gasteiger partial charge in [0.25, 0.3) is 0 Å². The molecule has 2 amide bonds. The molecule has 0 radical (unpaired) electrons. The molecule has 0 saturated carbocycles. The summed E-state index contributed by atoms with van der Waals surface area (Å²) >= 11 is 0. The summed E-state index contributed by atoms with van der Waals surface area (Å²) in [6.07, 6.45) is 4.24. The molecule has 2 heterocycles. The van der Waals surface area contributed by atoms with Crippen LogP contribution in [0.4, 0.5) is 10.5 Å². The van der Waals surface area contributed by atoms with E-state index in [9.17, 15) is 9.59 Å². The van der Waals surface area contributed by atoms with Crippen molar-refractivity contribution in [3.05, 3.63) is 47.7 Å². The Labute approximate surface area is 164 Å². The predicted octanol–water partition coefficient (Wildman–Crippen LogP) is 2.66. The zero-order valence-electron chi connectivity index (χ0n) is 16.1. The lowest BCUT2D eigenvalue weighted by Gasteiger charge is -2.25. The van der Waals surface area contributed by atoms with Crippen LogP contribution in [0.5, 0.6) is 0 Å². The van der Waals surface area contributed by atoms with Crippen LogP contribution >= 0.6 is 0 Å². The molecule has 7 nitrogen and oxygen atoms in total. The van der Waals surface area contributed by atoms with E-state index in [0.717, 1.165) is 30.8 Å². The number of carbonyl (C=O) groups is 2. The van der Waals surface area contributed by atoms with Gasteiger partial charge in [-0.1, -0.05) is 18.2 Å². The first-order chi connectivity index (χ1) is 13.5. The molecule has 1 fully saturated rings. The van der Waals surface area contributed by atoms with E-state index in [0.29, 0.717) is 18.7 Å². The number of amides is 2. The second-order valence-corrected chi connectivity index (χ2v) is 7.00. The fourth-order valence-corrected chi connectivity index (χ4v) is 3.32. The van der Waals surface area contributed by atoms with Crippen molar-refractivity contribution in [1.82, 2.24) is 10.2 Å². The monoisotopic (exact) mass is 380 g/mol. The highest BCUT2D eigenvalue weighted by molar-refractivity contribution is 5.90. The summed E-state index contributed by atoms with van der Waals surface area (Å²) in [4.78, 5) is 26.8. The van der Waals surface area contributed by atoms with Crippen molar-refractivity contribution in [2.45, 2.75) is 26.4 Å². The number of carbonyl (C=O) groups excluding carboxylic acids is 2. The summed E-state index contributed by atoms with van der Waals surface area (Å²) in [5, 5.41) is 11.6. The first kappa shape index (κ1) is 19.5. The van der Waals surface area contributed by atoms with Crippen LogP contribution < -0.4 is 10.2 Å². The van der Waals surface area contributed by atoms with Gasteiger partial charge in [0.15, 0.2) is 0 Å². The number of nitrogens with one attached hydrogen (secondary N) is 1. The molecule has 3 rings (SSSR count). The standard InChI is InChI=1S/C21H24N4O3/c1-15(11-22)13-24-9-7-18(8-10-24)17-3-5-19(6-4-17)25-14-20(28-21(25)27)12-23-16(2)26/h3-7,13,20H,8-10,12,14H2,1-2H3,(H,23,26)/t20-/m0/s1. The Bertz CT molecular complexity index is 851. The van der Waals surface area contributed by atoms with Crippen LogP contribution in [-0.2, 0) is 9.53 Å². The van der Waals surface area contributed by atoms with Crippen LogP contribution in [0.15, 0.2) is 42.1 Å². The Kier molecular flexibility index (Phi) is 5.99. The summed E-state index contributed by atoms with van der Waals surface area (Å²) < 4.78 is 5.30. The Morgan fingerprint density at radius 1 is 1.36 bits per heavy atom. The third kappa shape index (κ3) is 4.71. The van der Waals surface area contributed by atoms with Gasteiger partial charge < -0.3 is 15.0 Å². The molecule has 1 aromatic carbocycles. The average molecular weight is 380 g/mol. The molecular weight excluding hydrogens is 356 g/mol. The topological polar surface area (TPSA) is 85.7 Å². The highest BCUT2D eigenvalue weighted by Crippen LogP contribution is 2.27. The van der Waals surface area contributed by atoms with E-state index in [1.165, 1.54) is 12.5 Å². The molecule has 1 aromatic rings. The van der Waals surface area contributed by atoms with Gasteiger partial charge in [0.1, 0.15) is 6.10 Å². The SMILES string of the molecule is CC(=O)NC[C@H]1CN(c2ccc(C3=CCN(C=C(C)C#N)CC3)cc2)C(=O)O1. The van der Waals surface area contributed by atoms with Gasteiger partial charge >= 0.3 is 6.09 Å². The largest absolute Gasteiger partial charge is 0.442 e. The van der Waals surface area contributed by atoms with Crippen LogP contribution in [0.25, 0.3) is 5.57 Å². The van der Waals surface area contributed by atoms with Crippen molar-refractivity contribution in [1.29, 1.82) is 5.26 Å². The maximum Gasteiger partial charge on any atom is 0.414 e. The average Bonchev–Trinajstić information content (AvgIpc) is 3.07. The van der Waals surface area contributed by atoms with Gasteiger partial charge in [-0.3, -0.25) is 9.69 Å². The number of benzene rings is 1. The number of cyclic esters (lactones) is 1. The minimum absolute atomic E-state index is 0.142. The second-order valence-electron chi connectivity index (χ2n) is 7.00. The highest BCUT2D eigenvalue weighted by atomic mass is 16.6. The molecular formula is C21H24N4O3. The molecule has 2 aliphatic heterocycles. The lowest BCUT2D eigenvalue weighted by molar-refractivity contribution is -0.119. The van der Waals surface area contributed by atoms with E-state index in [1.807, 2.05) is 37.4 Å². The Morgan fingerprint density at radius 3 is 2.71 bits per heavy atom. The van der Waals surface area contributed by atoms with Gasteiger partial charge in [0, 0.05) is 37.5 Å². The van der Waals surface area contributed by atoms with Crippen LogP contribution in [-0.4, -0.2) is 49.2 Å². The van der Waals surface area contributed by atoms with Gasteiger partial charge in [-0.05, 0) is 36.6 Å². The van der Waals surface area contributed by atoms with Crippen LogP contribution in [0, 0.1) is 11.3 Å². The van der Waals surface area contributed by atoms with Crippen molar-refractivity contribution in [2.75, 3.05) is 31.1 Å². The van der Waals surface area contributed by atoms with Crippen molar-refractivity contribution >= 4 is 23.3 Å². The highest BCUT2D eigenvalue weighted by Gasteiger charge is 2.32. The molecule has 0 aromatic heterocycles. The smallest absolute Gasteiger partial charge is 0.414 e. The van der Waals surface area contributed by atoms with Crippen molar-refractivity contribution in [2.24, 2.45) is 0 Å². The number of nitriles is 1. The number of hydrogen-bond acceptors (Lipinski definition) is 5. The first-order valence-electron chi connectivity index (χ1n) is 9.31. The minimum atomic E-state index is -0.393. The number of ether oxygens (including phenoxy) is 1. The van der Waals surface area contributed by atoms with Gasteiger partial charge in [-0.15, -0.1) is 0 Å². The molecule has 1 N–H and O–H groups in total. The van der Waals surface area contributed by atoms with Crippen LogP contribution in [0.2, 0.25) is 0 Å². The quantitative estimate of drug-likeness (QED) is 0.794. The van der Waals surface area contributed by atoms with Gasteiger partial charge in [-0.25, -0.2) is 4.79 Å². The number of nitrogens with zero attached hydrogens (tertiary/aromatic N) is 3. The molecule has 0 unspecified atom stereocenters. The Morgan fingerprint density at radius 2 is 2.11 bits per heavy atom. The summed E-state index contributed by atoms with van der Waals surface area (Å²) in [6, 6.07) is 10.0. The van der Waals surface area contributed by atoms with E-state index >= 15 is 0 Å². The van der Waals surface area contributed by atoms with E-state index < -0.39 is 6.09 Å². The van der Waals surface area contributed by atoms with E-state index in [-0.39, 0.29) is 12.0 Å². The third-order valence-corrected chi connectivity index (χ3v) is 4.80. The molecule has 0 bridgehead atoms. The van der Waals surface area contributed by atoms with Gasteiger partial charge in [0.2, 0.25) is 5.91 Å². The lowest BCUT2D eigenvalue weighted by Crippen LogP contribution is -2.33. The summed E-state index contributed by atoms with van der Waals surface area (Å²) in [5.41, 5.74) is 3.88. The zero-order valence-corrected chi connectivity index (χ0v) is 16.1. The molecule has 28 heavy (non-hydrogen) atoms. The van der Waals surface area contributed by atoms with Gasteiger partial charge in [0.05, 0.1) is 19.2 Å². The second kappa shape index (κ2) is 8.61. The number of anilines is 1. The number of rotatable bonds is 5. The maximum atomic E-state index is 12.1. The lowest BCUT2D eigenvalue weighted by atomic mass is 9.99. The van der Waals surface area contributed by atoms with Crippen molar-refractivity contribution in [3.8, 4) is 6.07 Å². The maximum absolute atomic E-state index is 12.1. The molecule has 1 atom stereocenters. The zero-order chi connectivity index (χ0) is 20.1. The van der Waals surface area contributed by atoms with Crippen LogP contribution in [0.1, 0.15) is 25.8 Å².